The lowest BCUT2D eigenvalue weighted by atomic mass is 9.95. The molecule has 1 fully saturated rings. The van der Waals surface area contributed by atoms with Gasteiger partial charge in [0.05, 0.1) is 24.9 Å². The molecule has 3 rings (SSSR count). The number of carbonyl (C=O) groups is 1. The molecule has 0 saturated carbocycles. The molecule has 0 aliphatic carbocycles. The summed E-state index contributed by atoms with van der Waals surface area (Å²) < 4.78 is 7.36. The van der Waals surface area contributed by atoms with Gasteiger partial charge in [0, 0.05) is 37.5 Å². The summed E-state index contributed by atoms with van der Waals surface area (Å²) in [5, 5.41) is 7.40. The molecule has 1 aliphatic rings. The number of rotatable bonds is 6. The average molecular weight is 314 g/mol. The second-order valence-corrected chi connectivity index (χ2v) is 6.00. The van der Waals surface area contributed by atoms with Crippen LogP contribution in [0.3, 0.4) is 0 Å². The van der Waals surface area contributed by atoms with Crippen LogP contribution in [-0.2, 0) is 22.5 Å². The van der Waals surface area contributed by atoms with Crippen molar-refractivity contribution in [3.63, 3.8) is 0 Å². The molecule has 0 unspecified atom stereocenters. The Kier molecular flexibility index (Phi) is 5.02. The average Bonchev–Trinajstić information content (AvgIpc) is 3.16. The van der Waals surface area contributed by atoms with Gasteiger partial charge in [-0.15, -0.1) is 0 Å². The predicted octanol–water partition coefficient (Wildman–Crippen LogP) is 1.35. The van der Waals surface area contributed by atoms with Crippen LogP contribution in [0.1, 0.15) is 17.7 Å². The molecule has 1 saturated heterocycles. The van der Waals surface area contributed by atoms with E-state index >= 15 is 0 Å². The summed E-state index contributed by atoms with van der Waals surface area (Å²) in [5.41, 5.74) is 2.19. The van der Waals surface area contributed by atoms with Gasteiger partial charge in [-0.2, -0.15) is 5.10 Å². The third-order valence-electron chi connectivity index (χ3n) is 4.13. The molecule has 1 amide bonds. The number of ether oxygens (including phenoxy) is 1. The molecule has 0 bridgehead atoms. The summed E-state index contributed by atoms with van der Waals surface area (Å²) in [4.78, 5) is 16.2. The highest BCUT2D eigenvalue weighted by atomic mass is 16.5. The van der Waals surface area contributed by atoms with Crippen LogP contribution in [0.15, 0.2) is 36.8 Å². The second-order valence-electron chi connectivity index (χ2n) is 6.00. The van der Waals surface area contributed by atoms with E-state index in [2.05, 4.69) is 15.4 Å². The van der Waals surface area contributed by atoms with E-state index in [1.54, 1.807) is 17.1 Å². The van der Waals surface area contributed by atoms with Crippen molar-refractivity contribution in [2.75, 3.05) is 13.2 Å². The molecule has 6 nitrogen and oxygen atoms in total. The van der Waals surface area contributed by atoms with Gasteiger partial charge in [-0.3, -0.25) is 14.5 Å². The quantitative estimate of drug-likeness (QED) is 0.874. The Morgan fingerprint density at radius 2 is 2.17 bits per heavy atom. The van der Waals surface area contributed by atoms with Crippen LogP contribution in [0, 0.1) is 12.8 Å². The Bertz CT molecular complexity index is 641. The summed E-state index contributed by atoms with van der Waals surface area (Å²) in [5.74, 6) is 0.363. The largest absolute Gasteiger partial charge is 0.379 e. The summed E-state index contributed by atoms with van der Waals surface area (Å²) in [6.07, 6.45) is 6.81. The maximum Gasteiger partial charge on any atom is 0.222 e. The van der Waals surface area contributed by atoms with Gasteiger partial charge in [0.25, 0.3) is 0 Å². The van der Waals surface area contributed by atoms with E-state index in [1.165, 1.54) is 5.56 Å². The molecule has 2 aromatic heterocycles. The number of carbonyl (C=O) groups excluding carboxylic acids is 1. The van der Waals surface area contributed by atoms with Crippen LogP contribution in [0.4, 0.5) is 0 Å². The number of pyridine rings is 1. The Balaban J connectivity index is 1.48. The SMILES string of the molecule is Cc1ccn(CCC(=O)N[C@H]2COC[C@H]2Cc2ccncc2)n1. The topological polar surface area (TPSA) is 69.0 Å². The molecule has 23 heavy (non-hydrogen) atoms. The minimum atomic E-state index is 0.0494. The highest BCUT2D eigenvalue weighted by molar-refractivity contribution is 5.76. The zero-order chi connectivity index (χ0) is 16.1. The van der Waals surface area contributed by atoms with Gasteiger partial charge in [0.15, 0.2) is 0 Å². The van der Waals surface area contributed by atoms with Crippen LogP contribution in [0.5, 0.6) is 0 Å². The van der Waals surface area contributed by atoms with E-state index < -0.39 is 0 Å². The number of nitrogens with one attached hydrogen (secondary N) is 1. The standard InChI is InChI=1S/C17H22N4O2/c1-13-4-8-21(20-13)9-5-17(22)19-16-12-23-11-15(16)10-14-2-6-18-7-3-14/h2-4,6-8,15-16H,5,9-12H2,1H3,(H,19,22)/t15-,16+/m1/s1. The second kappa shape index (κ2) is 7.37. The zero-order valence-electron chi connectivity index (χ0n) is 13.3. The van der Waals surface area contributed by atoms with Crippen molar-refractivity contribution in [3.8, 4) is 0 Å². The highest BCUT2D eigenvalue weighted by Crippen LogP contribution is 2.19. The third-order valence-corrected chi connectivity index (χ3v) is 4.13. The van der Waals surface area contributed by atoms with Gasteiger partial charge in [-0.1, -0.05) is 0 Å². The fraction of sp³-hybridized carbons (Fsp3) is 0.471. The number of hydrogen-bond donors (Lipinski definition) is 1. The van der Waals surface area contributed by atoms with E-state index in [4.69, 9.17) is 4.74 Å². The Morgan fingerprint density at radius 1 is 1.35 bits per heavy atom. The van der Waals surface area contributed by atoms with Crippen molar-refractivity contribution in [3.05, 3.63) is 48.0 Å². The van der Waals surface area contributed by atoms with Gasteiger partial charge < -0.3 is 10.1 Å². The first kappa shape index (κ1) is 15.7. The molecule has 0 radical (unpaired) electrons. The fourth-order valence-electron chi connectivity index (χ4n) is 2.86. The van der Waals surface area contributed by atoms with Gasteiger partial charge in [-0.25, -0.2) is 0 Å². The molecule has 1 N–H and O–H groups in total. The summed E-state index contributed by atoms with van der Waals surface area (Å²) >= 11 is 0. The molecule has 2 atom stereocenters. The summed E-state index contributed by atoms with van der Waals surface area (Å²) in [6.45, 7) is 3.81. The molecule has 6 heteroatoms. The Morgan fingerprint density at radius 3 is 2.91 bits per heavy atom. The molecule has 2 aromatic rings. The number of amides is 1. The molecule has 122 valence electrons. The molecule has 3 heterocycles. The van der Waals surface area contributed by atoms with Gasteiger partial charge in [-0.05, 0) is 37.1 Å². The number of nitrogens with zero attached hydrogens (tertiary/aromatic N) is 3. The Labute approximate surface area is 135 Å². The van der Waals surface area contributed by atoms with E-state index in [-0.39, 0.29) is 11.9 Å². The molecule has 0 spiro atoms. The van der Waals surface area contributed by atoms with E-state index in [0.29, 0.717) is 32.1 Å². The van der Waals surface area contributed by atoms with Crippen molar-refractivity contribution >= 4 is 5.91 Å². The van der Waals surface area contributed by atoms with Crippen LogP contribution in [-0.4, -0.2) is 39.9 Å². The third kappa shape index (κ3) is 4.39. The lowest BCUT2D eigenvalue weighted by molar-refractivity contribution is -0.122. The van der Waals surface area contributed by atoms with Gasteiger partial charge in [0.1, 0.15) is 0 Å². The van der Waals surface area contributed by atoms with Crippen LogP contribution >= 0.6 is 0 Å². The van der Waals surface area contributed by atoms with Gasteiger partial charge >= 0.3 is 0 Å². The van der Waals surface area contributed by atoms with E-state index in [1.807, 2.05) is 31.3 Å². The molecule has 1 aliphatic heterocycles. The highest BCUT2D eigenvalue weighted by Gasteiger charge is 2.29. The van der Waals surface area contributed by atoms with Crippen LogP contribution < -0.4 is 5.32 Å². The van der Waals surface area contributed by atoms with Crippen LogP contribution in [0.2, 0.25) is 0 Å². The maximum atomic E-state index is 12.2. The summed E-state index contributed by atoms with van der Waals surface area (Å²) in [7, 11) is 0. The normalized spacial score (nSPS) is 20.6. The smallest absolute Gasteiger partial charge is 0.222 e. The first-order chi connectivity index (χ1) is 11.2. The molecular weight excluding hydrogens is 292 g/mol. The number of aromatic nitrogens is 3. The van der Waals surface area contributed by atoms with Crippen LogP contribution in [0.25, 0.3) is 0 Å². The minimum Gasteiger partial charge on any atom is -0.379 e. The van der Waals surface area contributed by atoms with Crippen molar-refractivity contribution in [1.82, 2.24) is 20.1 Å². The maximum absolute atomic E-state index is 12.2. The first-order valence-corrected chi connectivity index (χ1v) is 7.97. The van der Waals surface area contributed by atoms with Crippen molar-refractivity contribution in [2.45, 2.75) is 32.4 Å². The van der Waals surface area contributed by atoms with Crippen molar-refractivity contribution in [2.24, 2.45) is 5.92 Å². The molecular formula is C17H22N4O2. The fourth-order valence-corrected chi connectivity index (χ4v) is 2.86. The van der Waals surface area contributed by atoms with Gasteiger partial charge in [0.2, 0.25) is 5.91 Å². The lowest BCUT2D eigenvalue weighted by Crippen LogP contribution is -2.40. The number of aryl methyl sites for hydroxylation is 2. The zero-order valence-corrected chi connectivity index (χ0v) is 13.3. The first-order valence-electron chi connectivity index (χ1n) is 7.97. The predicted molar refractivity (Wildman–Crippen MR) is 85.8 cm³/mol. The van der Waals surface area contributed by atoms with Crippen molar-refractivity contribution in [1.29, 1.82) is 0 Å². The summed E-state index contributed by atoms with van der Waals surface area (Å²) in [6, 6.07) is 6.04. The minimum absolute atomic E-state index is 0.0494. The van der Waals surface area contributed by atoms with E-state index in [0.717, 1.165) is 12.1 Å². The Hall–Kier alpha value is -2.21. The van der Waals surface area contributed by atoms with E-state index in [9.17, 15) is 4.79 Å². The lowest BCUT2D eigenvalue weighted by Gasteiger charge is -2.19. The molecule has 0 aromatic carbocycles. The number of hydrogen-bond acceptors (Lipinski definition) is 4. The van der Waals surface area contributed by atoms with Crippen molar-refractivity contribution < 1.29 is 9.53 Å². The monoisotopic (exact) mass is 314 g/mol.